The summed E-state index contributed by atoms with van der Waals surface area (Å²) in [5.41, 5.74) is -4.29. The van der Waals surface area contributed by atoms with Crippen molar-refractivity contribution in [2.45, 2.75) is 49.9 Å². The van der Waals surface area contributed by atoms with Gasteiger partial charge in [0.05, 0.1) is 13.5 Å². The Labute approximate surface area is 160 Å². The van der Waals surface area contributed by atoms with E-state index < -0.39 is 42.5 Å². The van der Waals surface area contributed by atoms with Crippen molar-refractivity contribution in [2.75, 3.05) is 7.11 Å². The molecule has 1 amide bonds. The second kappa shape index (κ2) is 7.47. The van der Waals surface area contributed by atoms with Crippen LogP contribution in [0.25, 0.3) is 0 Å². The number of methoxy groups -OCH3 is 1. The normalized spacial score (nSPS) is 20.6. The lowest BCUT2D eigenvalue weighted by atomic mass is 9.92. The smallest absolute Gasteiger partial charge is 0.460 e. The number of alkyl halides is 7. The van der Waals surface area contributed by atoms with Gasteiger partial charge in [0, 0.05) is 12.1 Å². The molecule has 5 nitrogen and oxygen atoms in total. The van der Waals surface area contributed by atoms with Crippen LogP contribution >= 0.6 is 0 Å². The van der Waals surface area contributed by atoms with E-state index in [0.29, 0.717) is 5.75 Å². The summed E-state index contributed by atoms with van der Waals surface area (Å²) in [6.45, 7) is 1.36. The SMILES string of the molecule is CCC1=NN(C(=O)Cc2ccc(OC)cc2)C(O)(C(F)(F)C(F)(F)C(F)(F)F)C1. The predicted molar refractivity (Wildman–Crippen MR) is 86.8 cm³/mol. The van der Waals surface area contributed by atoms with Crippen LogP contribution in [0.1, 0.15) is 25.3 Å². The van der Waals surface area contributed by atoms with E-state index in [1.165, 1.54) is 38.3 Å². The first-order valence-corrected chi connectivity index (χ1v) is 8.28. The van der Waals surface area contributed by atoms with Crippen molar-refractivity contribution >= 4 is 11.6 Å². The number of carbonyl (C=O) groups is 1. The first-order chi connectivity index (χ1) is 13.2. The van der Waals surface area contributed by atoms with Gasteiger partial charge in [-0.2, -0.15) is 40.8 Å². The fraction of sp³-hybridized carbons (Fsp3) is 0.529. The van der Waals surface area contributed by atoms with Gasteiger partial charge in [-0.3, -0.25) is 4.79 Å². The summed E-state index contributed by atoms with van der Waals surface area (Å²) in [4.78, 5) is 12.4. The molecule has 2 rings (SSSR count). The fourth-order valence-corrected chi connectivity index (χ4v) is 2.74. The largest absolute Gasteiger partial charge is 0.497 e. The monoisotopic (exact) mass is 430 g/mol. The molecule has 1 heterocycles. The second-order valence-electron chi connectivity index (χ2n) is 6.39. The lowest BCUT2D eigenvalue weighted by Gasteiger charge is -2.41. The third-order valence-corrected chi connectivity index (χ3v) is 4.45. The number of hydrogen-bond acceptors (Lipinski definition) is 4. The molecule has 1 aliphatic heterocycles. The van der Waals surface area contributed by atoms with E-state index in [-0.39, 0.29) is 22.7 Å². The van der Waals surface area contributed by atoms with Gasteiger partial charge in [0.2, 0.25) is 11.6 Å². The zero-order valence-electron chi connectivity index (χ0n) is 15.2. The summed E-state index contributed by atoms with van der Waals surface area (Å²) in [5, 5.41) is 13.3. The molecular formula is C17H17F7N2O3. The van der Waals surface area contributed by atoms with Gasteiger partial charge in [-0.15, -0.1) is 0 Å². The molecule has 0 aliphatic carbocycles. The van der Waals surface area contributed by atoms with Crippen LogP contribution in [0.4, 0.5) is 30.7 Å². The zero-order valence-corrected chi connectivity index (χ0v) is 15.2. The van der Waals surface area contributed by atoms with Gasteiger partial charge >= 0.3 is 18.0 Å². The third-order valence-electron chi connectivity index (χ3n) is 4.45. The van der Waals surface area contributed by atoms with Gasteiger partial charge < -0.3 is 9.84 Å². The molecule has 162 valence electrons. The molecule has 0 aromatic heterocycles. The minimum Gasteiger partial charge on any atom is -0.497 e. The lowest BCUT2D eigenvalue weighted by molar-refractivity contribution is -0.401. The molecule has 1 atom stereocenters. The number of aliphatic hydroxyl groups is 1. The molecule has 29 heavy (non-hydrogen) atoms. The average Bonchev–Trinajstić information content (AvgIpc) is 3.00. The maximum atomic E-state index is 14.3. The molecule has 1 N–H and O–H groups in total. The highest BCUT2D eigenvalue weighted by Gasteiger charge is 2.82. The molecule has 1 unspecified atom stereocenters. The van der Waals surface area contributed by atoms with Crippen LogP contribution in [0, 0.1) is 0 Å². The van der Waals surface area contributed by atoms with Gasteiger partial charge in [0.1, 0.15) is 5.75 Å². The highest BCUT2D eigenvalue weighted by Crippen LogP contribution is 2.54. The lowest BCUT2D eigenvalue weighted by Crippen LogP contribution is -2.69. The molecule has 1 aromatic carbocycles. The van der Waals surface area contributed by atoms with E-state index in [2.05, 4.69) is 5.10 Å². The number of benzene rings is 1. The summed E-state index contributed by atoms with van der Waals surface area (Å²) in [6, 6.07) is 5.56. The molecule has 1 aromatic rings. The molecular weight excluding hydrogens is 413 g/mol. The van der Waals surface area contributed by atoms with Crippen LogP contribution in [-0.2, 0) is 11.2 Å². The number of rotatable bonds is 6. The second-order valence-corrected chi connectivity index (χ2v) is 6.39. The van der Waals surface area contributed by atoms with Crippen molar-refractivity contribution in [1.82, 2.24) is 5.01 Å². The first-order valence-electron chi connectivity index (χ1n) is 8.28. The van der Waals surface area contributed by atoms with E-state index in [9.17, 15) is 40.6 Å². The summed E-state index contributed by atoms with van der Waals surface area (Å²) < 4.78 is 98.4. The number of carbonyl (C=O) groups excluding carboxylic acids is 1. The maximum absolute atomic E-state index is 14.3. The van der Waals surface area contributed by atoms with Gasteiger partial charge in [0.25, 0.3) is 0 Å². The van der Waals surface area contributed by atoms with E-state index in [1.54, 1.807) is 0 Å². The van der Waals surface area contributed by atoms with Crippen LogP contribution < -0.4 is 4.74 Å². The Morgan fingerprint density at radius 1 is 1.17 bits per heavy atom. The van der Waals surface area contributed by atoms with Crippen molar-refractivity contribution in [3.05, 3.63) is 29.8 Å². The molecule has 0 spiro atoms. The van der Waals surface area contributed by atoms with E-state index in [0.717, 1.165) is 0 Å². The Balaban J connectivity index is 2.41. The van der Waals surface area contributed by atoms with E-state index in [1.807, 2.05) is 0 Å². The summed E-state index contributed by atoms with van der Waals surface area (Å²) in [6.07, 6.45) is -8.84. The van der Waals surface area contributed by atoms with E-state index >= 15 is 0 Å². The molecule has 12 heteroatoms. The van der Waals surface area contributed by atoms with Crippen molar-refractivity contribution in [3.8, 4) is 5.75 Å². The number of hydrazone groups is 1. The van der Waals surface area contributed by atoms with Crippen LogP contribution in [0.5, 0.6) is 5.75 Å². The van der Waals surface area contributed by atoms with Crippen molar-refractivity contribution in [1.29, 1.82) is 0 Å². The van der Waals surface area contributed by atoms with Crippen LogP contribution in [0.2, 0.25) is 0 Å². The fourth-order valence-electron chi connectivity index (χ4n) is 2.74. The predicted octanol–water partition coefficient (Wildman–Crippen LogP) is 3.76. The Morgan fingerprint density at radius 3 is 2.17 bits per heavy atom. The highest BCUT2D eigenvalue weighted by atomic mass is 19.4. The minimum absolute atomic E-state index is 0.151. The Morgan fingerprint density at radius 2 is 1.72 bits per heavy atom. The quantitative estimate of drug-likeness (QED) is 0.700. The van der Waals surface area contributed by atoms with Crippen LogP contribution in [0.15, 0.2) is 29.4 Å². The summed E-state index contributed by atoms with van der Waals surface area (Å²) in [7, 11) is 1.37. The topological polar surface area (TPSA) is 62.1 Å². The molecule has 1 aliphatic rings. The van der Waals surface area contributed by atoms with Crippen molar-refractivity contribution in [3.63, 3.8) is 0 Å². The first kappa shape index (κ1) is 22.9. The van der Waals surface area contributed by atoms with Crippen molar-refractivity contribution in [2.24, 2.45) is 5.10 Å². The molecule has 0 saturated heterocycles. The van der Waals surface area contributed by atoms with Gasteiger partial charge in [-0.1, -0.05) is 19.1 Å². The number of nitrogens with zero attached hydrogens (tertiary/aromatic N) is 2. The van der Waals surface area contributed by atoms with Crippen molar-refractivity contribution < 1.29 is 45.4 Å². The Kier molecular flexibility index (Phi) is 5.90. The number of amides is 1. The number of ether oxygens (including phenoxy) is 1. The van der Waals surface area contributed by atoms with Crippen LogP contribution in [-0.4, -0.2) is 52.6 Å². The summed E-state index contributed by atoms with van der Waals surface area (Å²) >= 11 is 0. The maximum Gasteiger partial charge on any atom is 0.460 e. The Bertz CT molecular complexity index is 793. The molecule has 0 fully saturated rings. The molecule has 0 saturated carbocycles. The third kappa shape index (κ3) is 3.77. The molecule has 0 bridgehead atoms. The summed E-state index contributed by atoms with van der Waals surface area (Å²) in [5.74, 6) is -13.6. The minimum atomic E-state index is -6.66. The average molecular weight is 430 g/mol. The number of hydrogen-bond donors (Lipinski definition) is 1. The Hall–Kier alpha value is -2.37. The molecule has 0 radical (unpaired) electrons. The van der Waals surface area contributed by atoms with Crippen LogP contribution in [0.3, 0.4) is 0 Å². The number of halogens is 7. The highest BCUT2D eigenvalue weighted by molar-refractivity contribution is 5.91. The van der Waals surface area contributed by atoms with E-state index in [4.69, 9.17) is 4.74 Å². The zero-order chi connectivity index (χ0) is 22.3. The van der Waals surface area contributed by atoms with Gasteiger partial charge in [-0.25, -0.2) is 0 Å². The van der Waals surface area contributed by atoms with Gasteiger partial charge in [-0.05, 0) is 24.1 Å². The van der Waals surface area contributed by atoms with Gasteiger partial charge in [0.15, 0.2) is 0 Å². The standard InChI is InChI=1S/C17H17F7N2O3/c1-3-11-9-14(28,15(18,19)16(20,21)17(22,23)24)26(25-11)13(27)8-10-4-6-12(29-2)7-5-10/h4-7,28H,3,8-9H2,1-2H3.